The first-order chi connectivity index (χ1) is 15.7. The molecule has 198 valence electrons. The minimum Gasteiger partial charge on any atom is -0.492 e. The average molecular weight is 654 g/mol. The maximum Gasteiger partial charge on any atom is 0.119 e. The van der Waals surface area contributed by atoms with Gasteiger partial charge < -0.3 is 19.7 Å². The molecule has 6 nitrogen and oxygen atoms in total. The van der Waals surface area contributed by atoms with Crippen molar-refractivity contribution in [1.29, 1.82) is 0 Å². The maximum absolute atomic E-state index is 8.82. The summed E-state index contributed by atoms with van der Waals surface area (Å²) in [7, 11) is 0. The number of hydrogen-bond donors (Lipinski definition) is 2. The third-order valence-electron chi connectivity index (χ3n) is 4.47. The van der Waals surface area contributed by atoms with Crippen molar-refractivity contribution in [2.75, 3.05) is 77.5 Å². The highest BCUT2D eigenvalue weighted by Gasteiger charge is 2.04. The molecule has 34 heavy (non-hydrogen) atoms. The summed E-state index contributed by atoms with van der Waals surface area (Å²) in [6.45, 7) is 5.83. The van der Waals surface area contributed by atoms with Crippen molar-refractivity contribution < 1.29 is 21.1 Å². The summed E-state index contributed by atoms with van der Waals surface area (Å²) in [5.41, 5.74) is 0. The van der Waals surface area contributed by atoms with Crippen LogP contribution in [0.3, 0.4) is 0 Å². The van der Waals surface area contributed by atoms with Crippen molar-refractivity contribution >= 4 is 59.6 Å². The van der Waals surface area contributed by atoms with Crippen molar-refractivity contribution in [3.8, 4) is 11.5 Å². The van der Waals surface area contributed by atoms with Gasteiger partial charge in [0.2, 0.25) is 0 Å². The lowest BCUT2D eigenvalue weighted by Crippen LogP contribution is -2.33. The number of alkyl halides is 2. The molecule has 0 atom stereocenters. The number of nitrogens with zero attached hydrogens (tertiary/aromatic N) is 2. The molecular formula is C24H40Cl3IN2O4. The van der Waals surface area contributed by atoms with Crippen molar-refractivity contribution in [3.05, 3.63) is 60.7 Å². The molecule has 0 unspecified atom stereocenters. The van der Waals surface area contributed by atoms with Gasteiger partial charge in [-0.1, -0.05) is 36.4 Å². The topological polar surface area (TPSA) is 65.4 Å². The molecule has 0 saturated heterocycles. The molecule has 10 heteroatoms. The predicted octanol–water partition coefficient (Wildman–Crippen LogP) is 4.48. The minimum absolute atomic E-state index is 0. The quantitative estimate of drug-likeness (QED) is 0.206. The number of para-hydroxylation sites is 2. The van der Waals surface area contributed by atoms with Gasteiger partial charge in [-0.25, -0.2) is 0 Å². The van der Waals surface area contributed by atoms with Gasteiger partial charge in [0.15, 0.2) is 0 Å². The van der Waals surface area contributed by atoms with Crippen LogP contribution in [0.25, 0.3) is 0 Å². The van der Waals surface area contributed by atoms with Crippen LogP contribution in [0.5, 0.6) is 11.5 Å². The van der Waals surface area contributed by atoms with Crippen LogP contribution in [-0.4, -0.2) is 97.5 Å². The number of benzene rings is 2. The highest BCUT2D eigenvalue weighted by atomic mass is 127. The summed E-state index contributed by atoms with van der Waals surface area (Å²) in [6.07, 6.45) is 0. The lowest BCUT2D eigenvalue weighted by molar-refractivity contribution is 0.141. The number of rotatable bonds is 16. The Kier molecular flexibility index (Phi) is 26.8. The standard InChI is InChI=1S/C12H17Cl2NO.C12H19NO3.ClH.HI.H2/c13-6-8-15(9-7-14)10-11-16-12-4-2-1-3-5-12;14-9-6-13(7-10-15)8-11-16-12-4-2-1-3-5-12;;;/h1-5H,6-11H2;1-5,14-15H,6-11H2;3*1H. The van der Waals surface area contributed by atoms with Crippen LogP contribution in [0.2, 0.25) is 0 Å². The number of ether oxygens (including phenoxy) is 2. The first kappa shape index (κ1) is 35.6. The highest BCUT2D eigenvalue weighted by molar-refractivity contribution is 14.0. The van der Waals surface area contributed by atoms with Crippen molar-refractivity contribution in [2.24, 2.45) is 0 Å². The maximum atomic E-state index is 8.82. The van der Waals surface area contributed by atoms with Crippen LogP contribution in [-0.2, 0) is 0 Å². The molecule has 0 fully saturated rings. The molecular weight excluding hydrogens is 614 g/mol. The van der Waals surface area contributed by atoms with Gasteiger partial charge in [0.05, 0.1) is 13.2 Å². The van der Waals surface area contributed by atoms with E-state index >= 15 is 0 Å². The molecule has 2 N–H and O–H groups in total. The predicted molar refractivity (Wildman–Crippen MR) is 157 cm³/mol. The van der Waals surface area contributed by atoms with Crippen molar-refractivity contribution in [1.82, 2.24) is 9.80 Å². The van der Waals surface area contributed by atoms with E-state index in [9.17, 15) is 0 Å². The third-order valence-corrected chi connectivity index (χ3v) is 4.81. The van der Waals surface area contributed by atoms with Crippen LogP contribution in [0.15, 0.2) is 60.7 Å². The molecule has 0 aliphatic carbocycles. The highest BCUT2D eigenvalue weighted by Crippen LogP contribution is 2.08. The Bertz CT molecular complexity index is 600. The van der Waals surface area contributed by atoms with Crippen molar-refractivity contribution in [3.63, 3.8) is 0 Å². The smallest absolute Gasteiger partial charge is 0.119 e. The fraction of sp³-hybridized carbons (Fsp3) is 0.500. The molecule has 0 aromatic heterocycles. The lowest BCUT2D eigenvalue weighted by Gasteiger charge is -2.19. The largest absolute Gasteiger partial charge is 0.492 e. The summed E-state index contributed by atoms with van der Waals surface area (Å²) in [5, 5.41) is 17.6. The normalized spacial score (nSPS) is 10.1. The molecule has 0 aliphatic rings. The van der Waals surface area contributed by atoms with E-state index in [1.807, 2.05) is 65.6 Å². The molecule has 0 amide bonds. The number of halogens is 4. The Morgan fingerprint density at radius 1 is 0.618 bits per heavy atom. The van der Waals surface area contributed by atoms with Gasteiger partial charge in [0.1, 0.15) is 24.7 Å². The summed E-state index contributed by atoms with van der Waals surface area (Å²) in [6, 6.07) is 19.4. The zero-order chi connectivity index (χ0) is 23.3. The molecule has 2 rings (SSSR count). The molecule has 0 saturated carbocycles. The Morgan fingerprint density at radius 3 is 1.29 bits per heavy atom. The summed E-state index contributed by atoms with van der Waals surface area (Å²) < 4.78 is 11.1. The van der Waals surface area contributed by atoms with E-state index in [1.165, 1.54) is 0 Å². The van der Waals surface area contributed by atoms with Crippen LogP contribution in [0.4, 0.5) is 0 Å². The van der Waals surface area contributed by atoms with Gasteiger partial charge in [0.25, 0.3) is 0 Å². The Labute approximate surface area is 239 Å². The Balaban J connectivity index is -0.000000539. The number of aliphatic hydroxyl groups excluding tert-OH is 2. The second-order valence-corrected chi connectivity index (χ2v) is 7.59. The minimum atomic E-state index is 0. The van der Waals surface area contributed by atoms with Gasteiger partial charge in [0, 0.05) is 52.5 Å². The van der Waals surface area contributed by atoms with E-state index in [1.54, 1.807) is 0 Å². The zero-order valence-electron chi connectivity index (χ0n) is 19.4. The molecule has 0 heterocycles. The molecule has 0 radical (unpaired) electrons. The molecule has 2 aromatic carbocycles. The lowest BCUT2D eigenvalue weighted by atomic mass is 10.3. The summed E-state index contributed by atoms with van der Waals surface area (Å²) >= 11 is 11.4. The van der Waals surface area contributed by atoms with E-state index in [4.69, 9.17) is 42.9 Å². The first-order valence-corrected chi connectivity index (χ1v) is 11.9. The van der Waals surface area contributed by atoms with Gasteiger partial charge in [-0.15, -0.1) is 59.6 Å². The molecule has 2 aromatic rings. The molecule has 0 aliphatic heterocycles. The Hall–Kier alpha value is -0.520. The van der Waals surface area contributed by atoms with E-state index < -0.39 is 0 Å². The second-order valence-electron chi connectivity index (χ2n) is 6.83. The number of aliphatic hydroxyl groups is 2. The summed E-state index contributed by atoms with van der Waals surface area (Å²) in [5.74, 6) is 3.00. The fourth-order valence-electron chi connectivity index (χ4n) is 2.81. The van der Waals surface area contributed by atoms with E-state index in [0.29, 0.717) is 44.6 Å². The molecule has 0 bridgehead atoms. The first-order valence-electron chi connectivity index (χ1n) is 10.9. The van der Waals surface area contributed by atoms with Crippen molar-refractivity contribution in [2.45, 2.75) is 0 Å². The molecule has 0 spiro atoms. The van der Waals surface area contributed by atoms with E-state index in [0.717, 1.165) is 31.1 Å². The van der Waals surface area contributed by atoms with E-state index in [-0.39, 0.29) is 51.0 Å². The van der Waals surface area contributed by atoms with Crippen LogP contribution in [0.1, 0.15) is 1.43 Å². The second kappa shape index (κ2) is 25.6. The van der Waals surface area contributed by atoms with Gasteiger partial charge >= 0.3 is 0 Å². The van der Waals surface area contributed by atoms with Crippen LogP contribution >= 0.6 is 59.6 Å². The SMILES string of the molecule is Cl.ClCCN(CCCl)CCOc1ccccc1.I.OCCN(CCO)CCOc1ccccc1.[HH]. The van der Waals surface area contributed by atoms with E-state index in [2.05, 4.69) is 4.90 Å². The zero-order valence-corrected chi connectivity index (χ0v) is 24.1. The average Bonchev–Trinajstić information content (AvgIpc) is 2.81. The monoisotopic (exact) mass is 652 g/mol. The number of hydrogen-bond acceptors (Lipinski definition) is 6. The van der Waals surface area contributed by atoms with Crippen LogP contribution in [0, 0.1) is 0 Å². The van der Waals surface area contributed by atoms with Gasteiger partial charge in [-0.05, 0) is 24.3 Å². The van der Waals surface area contributed by atoms with Gasteiger partial charge in [-0.2, -0.15) is 0 Å². The summed E-state index contributed by atoms with van der Waals surface area (Å²) in [4.78, 5) is 4.16. The van der Waals surface area contributed by atoms with Crippen LogP contribution < -0.4 is 9.47 Å². The third kappa shape index (κ3) is 18.8. The Morgan fingerprint density at radius 2 is 0.971 bits per heavy atom. The fourth-order valence-corrected chi connectivity index (χ4v) is 3.29. The van der Waals surface area contributed by atoms with Gasteiger partial charge in [-0.3, -0.25) is 9.80 Å².